The molecule has 3 rings (SSSR count). The first-order valence-corrected chi connectivity index (χ1v) is 9.37. The number of halogens is 1. The Morgan fingerprint density at radius 3 is 2.30 bits per heavy atom. The normalized spacial score (nSPS) is 14.0. The highest BCUT2D eigenvalue weighted by atomic mass is 19.1. The molecule has 0 radical (unpaired) electrons. The first-order chi connectivity index (χ1) is 12.7. The summed E-state index contributed by atoms with van der Waals surface area (Å²) in [4.78, 5) is 31.3. The average Bonchev–Trinajstić information content (AvgIpc) is 2.60. The molecule has 1 aliphatic rings. The maximum absolute atomic E-state index is 13.8. The molecule has 0 saturated carbocycles. The van der Waals surface area contributed by atoms with Crippen LogP contribution in [-0.2, 0) is 19.4 Å². The number of aryl methyl sites for hydroxylation is 4. The van der Waals surface area contributed by atoms with Crippen molar-refractivity contribution in [3.63, 3.8) is 0 Å². The molecule has 1 aromatic carbocycles. The van der Waals surface area contributed by atoms with E-state index in [2.05, 4.69) is 4.98 Å². The van der Waals surface area contributed by atoms with Gasteiger partial charge in [-0.25, -0.2) is 4.39 Å². The van der Waals surface area contributed by atoms with Gasteiger partial charge in [0.15, 0.2) is 0 Å². The van der Waals surface area contributed by atoms with Crippen molar-refractivity contribution in [2.24, 2.45) is 0 Å². The fourth-order valence-corrected chi connectivity index (χ4v) is 3.78. The van der Waals surface area contributed by atoms with Gasteiger partial charge in [0.1, 0.15) is 17.3 Å². The van der Waals surface area contributed by atoms with E-state index in [0.29, 0.717) is 54.1 Å². The molecule has 0 unspecified atom stereocenters. The Bertz CT molecular complexity index is 940. The second-order valence-corrected chi connectivity index (χ2v) is 7.59. The quantitative estimate of drug-likeness (QED) is 0.830. The largest absolute Gasteiger partial charge is 0.333 e. The van der Waals surface area contributed by atoms with Crippen LogP contribution in [0.2, 0.25) is 0 Å². The van der Waals surface area contributed by atoms with Gasteiger partial charge in [-0.1, -0.05) is 12.1 Å². The predicted molar refractivity (Wildman–Crippen MR) is 103 cm³/mol. The molecule has 0 N–H and O–H groups in total. The molecule has 6 heteroatoms. The van der Waals surface area contributed by atoms with E-state index in [9.17, 15) is 14.0 Å². The van der Waals surface area contributed by atoms with E-state index in [0.717, 1.165) is 5.56 Å². The Balaban J connectivity index is 1.95. The number of nitrogens with zero attached hydrogens (tertiary/aromatic N) is 3. The number of carbonyl (C=O) groups excluding carboxylic acids is 1. The summed E-state index contributed by atoms with van der Waals surface area (Å²) in [7, 11) is 0. The average molecular weight is 371 g/mol. The molecular weight excluding hydrogens is 345 g/mol. The highest BCUT2D eigenvalue weighted by Crippen LogP contribution is 2.20. The third-order valence-electron chi connectivity index (χ3n) is 5.27. The van der Waals surface area contributed by atoms with Crippen molar-refractivity contribution >= 4 is 5.91 Å². The molecule has 0 fully saturated rings. The van der Waals surface area contributed by atoms with Crippen LogP contribution in [0.15, 0.2) is 16.9 Å². The van der Waals surface area contributed by atoms with E-state index in [1.807, 2.05) is 30.5 Å². The summed E-state index contributed by atoms with van der Waals surface area (Å²) in [6, 6.07) is 3.75. The monoisotopic (exact) mass is 371 g/mol. The number of fused-ring (bicyclic) bond motifs is 1. The number of carbonyl (C=O) groups is 1. The van der Waals surface area contributed by atoms with Crippen molar-refractivity contribution in [2.75, 3.05) is 6.54 Å². The molecule has 1 amide bonds. The number of hydrogen-bond donors (Lipinski definition) is 0. The molecule has 5 nitrogen and oxygen atoms in total. The zero-order valence-electron chi connectivity index (χ0n) is 16.6. The van der Waals surface area contributed by atoms with Crippen molar-refractivity contribution in [1.82, 2.24) is 14.5 Å². The third-order valence-corrected chi connectivity index (χ3v) is 5.27. The minimum atomic E-state index is -0.346. The Morgan fingerprint density at radius 2 is 1.70 bits per heavy atom. The van der Waals surface area contributed by atoms with Crippen LogP contribution in [0.1, 0.15) is 52.4 Å². The Morgan fingerprint density at radius 1 is 1.07 bits per heavy atom. The summed E-state index contributed by atoms with van der Waals surface area (Å²) in [6.07, 6.45) is 1.17. The van der Waals surface area contributed by atoms with Crippen molar-refractivity contribution in [2.45, 2.75) is 60.0 Å². The summed E-state index contributed by atoms with van der Waals surface area (Å²) in [5.74, 6) is 0.333. The first-order valence-electron chi connectivity index (χ1n) is 9.37. The zero-order valence-corrected chi connectivity index (χ0v) is 16.6. The van der Waals surface area contributed by atoms with E-state index in [-0.39, 0.29) is 23.3 Å². The summed E-state index contributed by atoms with van der Waals surface area (Å²) in [5, 5.41) is 0. The van der Waals surface area contributed by atoms with Gasteiger partial charge in [0.2, 0.25) is 0 Å². The summed E-state index contributed by atoms with van der Waals surface area (Å²) >= 11 is 0. The molecule has 2 heterocycles. The van der Waals surface area contributed by atoms with Crippen molar-refractivity contribution in [3.8, 4) is 0 Å². The van der Waals surface area contributed by atoms with E-state index < -0.39 is 0 Å². The number of rotatable bonds is 4. The van der Waals surface area contributed by atoms with Crippen LogP contribution in [0.3, 0.4) is 0 Å². The van der Waals surface area contributed by atoms with Gasteiger partial charge in [0, 0.05) is 31.1 Å². The first kappa shape index (κ1) is 19.3. The Hall–Kier alpha value is -2.50. The molecule has 0 bridgehead atoms. The molecule has 144 valence electrons. The van der Waals surface area contributed by atoms with Gasteiger partial charge in [-0.3, -0.25) is 9.59 Å². The lowest BCUT2D eigenvalue weighted by Crippen LogP contribution is -2.47. The SMILES string of the molecule is Cc1cc(CCc2nc(=O)c(C)c3n2CCN(C(C)C)C3=O)cc(C)c1F. The lowest BCUT2D eigenvalue weighted by Gasteiger charge is -2.34. The molecular formula is C21H26FN3O2. The summed E-state index contributed by atoms with van der Waals surface area (Å²) < 4.78 is 15.7. The van der Waals surface area contributed by atoms with Gasteiger partial charge >= 0.3 is 0 Å². The van der Waals surface area contributed by atoms with Gasteiger partial charge < -0.3 is 9.47 Å². The van der Waals surface area contributed by atoms with Crippen LogP contribution >= 0.6 is 0 Å². The van der Waals surface area contributed by atoms with Crippen molar-refractivity contribution < 1.29 is 9.18 Å². The van der Waals surface area contributed by atoms with Crippen LogP contribution in [0.25, 0.3) is 0 Å². The standard InChI is InChI=1S/C21H26FN3O2/c1-12(2)24-8-9-25-17(23-20(26)15(5)19(25)21(24)27)7-6-16-10-13(3)18(22)14(4)11-16/h10-12H,6-9H2,1-5H3. The van der Waals surface area contributed by atoms with Crippen LogP contribution in [0, 0.1) is 26.6 Å². The van der Waals surface area contributed by atoms with Gasteiger partial charge in [-0.2, -0.15) is 4.98 Å². The van der Waals surface area contributed by atoms with Crippen LogP contribution in [0.4, 0.5) is 4.39 Å². The van der Waals surface area contributed by atoms with E-state index in [1.54, 1.807) is 25.7 Å². The fourth-order valence-electron chi connectivity index (χ4n) is 3.78. The molecule has 0 spiro atoms. The molecule has 0 saturated heterocycles. The van der Waals surface area contributed by atoms with Crippen LogP contribution in [-0.4, -0.2) is 32.9 Å². The second kappa shape index (κ2) is 7.25. The second-order valence-electron chi connectivity index (χ2n) is 7.59. The zero-order chi connectivity index (χ0) is 19.9. The maximum atomic E-state index is 13.8. The predicted octanol–water partition coefficient (Wildman–Crippen LogP) is 2.96. The van der Waals surface area contributed by atoms with Gasteiger partial charge in [0.25, 0.3) is 11.5 Å². The highest BCUT2D eigenvalue weighted by molar-refractivity contribution is 5.94. The van der Waals surface area contributed by atoms with E-state index >= 15 is 0 Å². The number of amides is 1. The Kier molecular flexibility index (Phi) is 5.18. The molecule has 0 atom stereocenters. The van der Waals surface area contributed by atoms with Crippen molar-refractivity contribution in [3.05, 3.63) is 62.1 Å². The maximum Gasteiger partial charge on any atom is 0.276 e. The van der Waals surface area contributed by atoms with Crippen LogP contribution in [0.5, 0.6) is 0 Å². The number of aromatic nitrogens is 2. The number of hydrogen-bond acceptors (Lipinski definition) is 3. The Labute approximate surface area is 158 Å². The van der Waals surface area contributed by atoms with Gasteiger partial charge in [0.05, 0.1) is 0 Å². The minimum Gasteiger partial charge on any atom is -0.333 e. The van der Waals surface area contributed by atoms with E-state index in [4.69, 9.17) is 0 Å². The summed E-state index contributed by atoms with van der Waals surface area (Å²) in [5.41, 5.74) is 2.75. The number of benzene rings is 1. The van der Waals surface area contributed by atoms with Crippen LogP contribution < -0.4 is 5.56 Å². The lowest BCUT2D eigenvalue weighted by molar-refractivity contribution is 0.0642. The molecule has 0 aliphatic carbocycles. The van der Waals surface area contributed by atoms with Crippen molar-refractivity contribution in [1.29, 1.82) is 0 Å². The summed E-state index contributed by atoms with van der Waals surface area (Å²) in [6.45, 7) is 10.4. The smallest absolute Gasteiger partial charge is 0.276 e. The van der Waals surface area contributed by atoms with Gasteiger partial charge in [-0.15, -0.1) is 0 Å². The fraction of sp³-hybridized carbons (Fsp3) is 0.476. The lowest BCUT2D eigenvalue weighted by atomic mass is 10.0. The van der Waals surface area contributed by atoms with E-state index in [1.165, 1.54) is 0 Å². The highest BCUT2D eigenvalue weighted by Gasteiger charge is 2.30. The van der Waals surface area contributed by atoms with Gasteiger partial charge in [-0.05, 0) is 57.7 Å². The molecule has 27 heavy (non-hydrogen) atoms. The molecule has 2 aromatic rings. The molecule has 1 aliphatic heterocycles. The topological polar surface area (TPSA) is 55.2 Å². The third kappa shape index (κ3) is 3.53. The molecule has 1 aromatic heterocycles. The minimum absolute atomic E-state index is 0.0857.